The molecule has 8 heteroatoms. The molecule has 8 nitrogen and oxygen atoms in total. The molecule has 0 atom stereocenters. The number of benzene rings is 1. The van der Waals surface area contributed by atoms with Gasteiger partial charge in [0.2, 0.25) is 5.95 Å². The number of aromatic amines is 1. The van der Waals surface area contributed by atoms with E-state index >= 15 is 0 Å². The van der Waals surface area contributed by atoms with Crippen molar-refractivity contribution in [1.29, 1.82) is 0 Å². The third kappa shape index (κ3) is 3.50. The topological polar surface area (TPSA) is 116 Å². The molecule has 1 fully saturated rings. The van der Waals surface area contributed by atoms with Gasteiger partial charge in [-0.05, 0) is 31.7 Å². The number of nitrogens with zero attached hydrogens (tertiary/aromatic N) is 3. The number of rotatable bonds is 4. The van der Waals surface area contributed by atoms with Crippen LogP contribution in [0.1, 0.15) is 36.0 Å². The second-order valence-corrected chi connectivity index (χ2v) is 6.50. The molecule has 4 N–H and O–H groups in total. The van der Waals surface area contributed by atoms with Gasteiger partial charge in [-0.15, -0.1) is 0 Å². The first kappa shape index (κ1) is 16.5. The predicted octanol–water partition coefficient (Wildman–Crippen LogP) is 2.32. The molecule has 0 bridgehead atoms. The van der Waals surface area contributed by atoms with E-state index in [1.165, 1.54) is 0 Å². The fourth-order valence-corrected chi connectivity index (χ4v) is 3.22. The monoisotopic (exact) mass is 352 g/mol. The minimum absolute atomic E-state index is 0.206. The van der Waals surface area contributed by atoms with Crippen molar-refractivity contribution in [1.82, 2.24) is 20.2 Å². The molecule has 4 rings (SSSR count). The summed E-state index contributed by atoms with van der Waals surface area (Å²) in [6.07, 6.45) is 6.47. The number of fused-ring (bicyclic) bond motifs is 1. The first-order chi connectivity index (χ1) is 12.7. The predicted molar refractivity (Wildman–Crippen MR) is 98.0 cm³/mol. The van der Waals surface area contributed by atoms with E-state index in [4.69, 9.17) is 0 Å². The molecule has 2 aromatic heterocycles. The lowest BCUT2D eigenvalue weighted by molar-refractivity contribution is 0.102. The van der Waals surface area contributed by atoms with E-state index in [2.05, 4.69) is 30.8 Å². The standard InChI is InChI=1S/C18H20N6O2/c25-13-6-4-12(5-7-13)21-18-19-10-11-2-1-3-14(16(11)23-18)17(26)22-15-8-9-20-24-15/h1-3,8-10,12-13,25H,4-7H2,(H,19,21,23)(H2,20,22,24,26). The van der Waals surface area contributed by atoms with E-state index in [9.17, 15) is 9.90 Å². The lowest BCUT2D eigenvalue weighted by Gasteiger charge is -2.26. The number of H-pyrrole nitrogens is 1. The zero-order chi connectivity index (χ0) is 17.9. The molecular weight excluding hydrogens is 332 g/mol. The number of nitrogens with one attached hydrogen (secondary N) is 3. The van der Waals surface area contributed by atoms with E-state index in [0.717, 1.165) is 31.1 Å². The van der Waals surface area contributed by atoms with Crippen molar-refractivity contribution < 1.29 is 9.90 Å². The molecule has 0 radical (unpaired) electrons. The summed E-state index contributed by atoms with van der Waals surface area (Å²) in [5.74, 6) is 0.687. The highest BCUT2D eigenvalue weighted by atomic mass is 16.3. The van der Waals surface area contributed by atoms with Gasteiger partial charge >= 0.3 is 0 Å². The molecule has 1 aromatic carbocycles. The summed E-state index contributed by atoms with van der Waals surface area (Å²) in [4.78, 5) is 21.5. The number of carbonyl (C=O) groups is 1. The van der Waals surface area contributed by atoms with Crippen molar-refractivity contribution in [3.8, 4) is 0 Å². The molecule has 1 amide bonds. The molecule has 26 heavy (non-hydrogen) atoms. The summed E-state index contributed by atoms with van der Waals surface area (Å²) in [6.45, 7) is 0. The number of carbonyl (C=O) groups excluding carboxylic acids is 1. The van der Waals surface area contributed by atoms with Crippen LogP contribution in [0.2, 0.25) is 0 Å². The van der Waals surface area contributed by atoms with E-state index in [0.29, 0.717) is 22.8 Å². The summed E-state index contributed by atoms with van der Waals surface area (Å²) in [7, 11) is 0. The number of aliphatic hydroxyl groups excluding tert-OH is 1. The Bertz CT molecular complexity index is 903. The van der Waals surface area contributed by atoms with Crippen LogP contribution >= 0.6 is 0 Å². The zero-order valence-electron chi connectivity index (χ0n) is 14.1. The highest BCUT2D eigenvalue weighted by Crippen LogP contribution is 2.23. The molecule has 1 aliphatic carbocycles. The number of anilines is 2. The Hall–Kier alpha value is -3.00. The van der Waals surface area contributed by atoms with E-state index in [1.54, 1.807) is 30.6 Å². The number of hydrogen-bond donors (Lipinski definition) is 4. The molecule has 134 valence electrons. The van der Waals surface area contributed by atoms with Crippen LogP contribution in [0.4, 0.5) is 11.8 Å². The lowest BCUT2D eigenvalue weighted by atomic mass is 9.93. The van der Waals surface area contributed by atoms with Gasteiger partial charge in [-0.3, -0.25) is 9.89 Å². The fourth-order valence-electron chi connectivity index (χ4n) is 3.22. The van der Waals surface area contributed by atoms with Crippen LogP contribution in [0.25, 0.3) is 10.9 Å². The Morgan fingerprint density at radius 2 is 2.04 bits per heavy atom. The maximum atomic E-state index is 12.6. The highest BCUT2D eigenvalue weighted by Gasteiger charge is 2.20. The Balaban J connectivity index is 1.58. The fraction of sp³-hybridized carbons (Fsp3) is 0.333. The van der Waals surface area contributed by atoms with Crippen LogP contribution in [0.5, 0.6) is 0 Å². The van der Waals surface area contributed by atoms with Crippen LogP contribution in [0.15, 0.2) is 36.7 Å². The summed E-state index contributed by atoms with van der Waals surface area (Å²) in [6, 6.07) is 7.34. The minimum atomic E-state index is -0.270. The lowest BCUT2D eigenvalue weighted by Crippen LogP contribution is -2.29. The van der Waals surface area contributed by atoms with E-state index in [-0.39, 0.29) is 18.1 Å². The number of amides is 1. The van der Waals surface area contributed by atoms with Gasteiger partial charge in [0.05, 0.1) is 17.2 Å². The van der Waals surface area contributed by atoms with Gasteiger partial charge < -0.3 is 15.7 Å². The van der Waals surface area contributed by atoms with Gasteiger partial charge in [-0.2, -0.15) is 5.10 Å². The summed E-state index contributed by atoms with van der Waals surface area (Å²) < 4.78 is 0. The molecule has 1 aliphatic rings. The van der Waals surface area contributed by atoms with Crippen molar-refractivity contribution in [3.05, 3.63) is 42.2 Å². The Labute approximate surface area is 150 Å². The second-order valence-electron chi connectivity index (χ2n) is 6.50. The molecule has 0 unspecified atom stereocenters. The van der Waals surface area contributed by atoms with Gasteiger partial charge in [0.15, 0.2) is 5.82 Å². The van der Waals surface area contributed by atoms with Crippen molar-refractivity contribution in [2.75, 3.05) is 10.6 Å². The van der Waals surface area contributed by atoms with E-state index in [1.807, 2.05) is 6.07 Å². The third-order valence-corrected chi connectivity index (χ3v) is 4.63. The minimum Gasteiger partial charge on any atom is -0.393 e. The number of aromatic nitrogens is 4. The van der Waals surface area contributed by atoms with Crippen molar-refractivity contribution >= 4 is 28.6 Å². The number of para-hydroxylation sites is 1. The van der Waals surface area contributed by atoms with E-state index < -0.39 is 0 Å². The average molecular weight is 352 g/mol. The largest absolute Gasteiger partial charge is 0.393 e. The smallest absolute Gasteiger partial charge is 0.259 e. The zero-order valence-corrected chi connectivity index (χ0v) is 14.1. The quantitative estimate of drug-likeness (QED) is 0.573. The van der Waals surface area contributed by atoms with Crippen molar-refractivity contribution in [2.24, 2.45) is 0 Å². The maximum Gasteiger partial charge on any atom is 0.259 e. The second kappa shape index (κ2) is 7.09. The van der Waals surface area contributed by atoms with Gasteiger partial charge in [-0.25, -0.2) is 9.97 Å². The molecule has 2 heterocycles. The molecule has 0 spiro atoms. The number of aliphatic hydroxyl groups is 1. The SMILES string of the molecule is O=C(Nc1cc[nH]n1)c1cccc2cnc(NC3CCC(O)CC3)nc12. The Morgan fingerprint density at radius 3 is 2.81 bits per heavy atom. The molecule has 3 aromatic rings. The first-order valence-electron chi connectivity index (χ1n) is 8.70. The Morgan fingerprint density at radius 1 is 1.19 bits per heavy atom. The van der Waals surface area contributed by atoms with Gasteiger partial charge in [-0.1, -0.05) is 12.1 Å². The van der Waals surface area contributed by atoms with Crippen LogP contribution < -0.4 is 10.6 Å². The molecule has 0 saturated heterocycles. The van der Waals surface area contributed by atoms with Crippen LogP contribution in [0.3, 0.4) is 0 Å². The summed E-state index contributed by atoms with van der Waals surface area (Å²) in [5, 5.41) is 23.1. The normalized spacial score (nSPS) is 20.0. The summed E-state index contributed by atoms with van der Waals surface area (Å²) >= 11 is 0. The maximum absolute atomic E-state index is 12.6. The Kier molecular flexibility index (Phi) is 4.49. The van der Waals surface area contributed by atoms with Crippen LogP contribution in [-0.4, -0.2) is 43.3 Å². The third-order valence-electron chi connectivity index (χ3n) is 4.63. The van der Waals surface area contributed by atoms with Crippen molar-refractivity contribution in [2.45, 2.75) is 37.8 Å². The number of hydrogen-bond acceptors (Lipinski definition) is 6. The molecule has 0 aliphatic heterocycles. The van der Waals surface area contributed by atoms with Crippen molar-refractivity contribution in [3.63, 3.8) is 0 Å². The van der Waals surface area contributed by atoms with Crippen LogP contribution in [-0.2, 0) is 0 Å². The first-order valence-corrected chi connectivity index (χ1v) is 8.70. The molecule has 1 saturated carbocycles. The average Bonchev–Trinajstić information content (AvgIpc) is 3.16. The van der Waals surface area contributed by atoms with Gasteiger partial charge in [0.1, 0.15) is 0 Å². The molecular formula is C18H20N6O2. The van der Waals surface area contributed by atoms with Gasteiger partial charge in [0.25, 0.3) is 5.91 Å². The van der Waals surface area contributed by atoms with Crippen LogP contribution in [0, 0.1) is 0 Å². The van der Waals surface area contributed by atoms with Gasteiger partial charge in [0, 0.05) is 29.9 Å². The highest BCUT2D eigenvalue weighted by molar-refractivity contribution is 6.11. The summed E-state index contributed by atoms with van der Waals surface area (Å²) in [5.41, 5.74) is 1.06.